The second kappa shape index (κ2) is 8.41. The van der Waals surface area contributed by atoms with Crippen LogP contribution in [0.3, 0.4) is 0 Å². The van der Waals surface area contributed by atoms with E-state index in [-0.39, 0.29) is 6.61 Å². The molecule has 0 fully saturated rings. The Balaban J connectivity index is 2.11. The highest BCUT2D eigenvalue weighted by atomic mass is 16.5. The molecule has 118 valence electrons. The molecule has 4 heteroatoms. The largest absolute Gasteiger partial charge is 0.497 e. The Morgan fingerprint density at radius 2 is 1.91 bits per heavy atom. The van der Waals surface area contributed by atoms with Gasteiger partial charge in [-0.25, -0.2) is 0 Å². The average molecular weight is 301 g/mol. The van der Waals surface area contributed by atoms with Gasteiger partial charge in [-0.1, -0.05) is 30.3 Å². The lowest BCUT2D eigenvalue weighted by Crippen LogP contribution is -2.18. The van der Waals surface area contributed by atoms with Crippen LogP contribution in [-0.2, 0) is 13.2 Å². The molecule has 0 unspecified atom stereocenters. The van der Waals surface area contributed by atoms with Crippen LogP contribution in [0.2, 0.25) is 0 Å². The fraction of sp³-hybridized carbons (Fsp3) is 0.333. The number of aliphatic hydroxyl groups excluding tert-OH is 1. The molecule has 0 saturated heterocycles. The first-order chi connectivity index (χ1) is 10.7. The molecule has 0 aliphatic heterocycles. The van der Waals surface area contributed by atoms with E-state index in [1.54, 1.807) is 7.11 Å². The standard InChI is InChI=1S/C18H23NO3/c1-14-5-3-4-6-16(14)13-22-18-11-17(21-2)8-7-15(18)12-19-9-10-20/h3-8,11,19-20H,9-10,12-13H2,1-2H3. The van der Waals surface area contributed by atoms with Gasteiger partial charge in [0.25, 0.3) is 0 Å². The van der Waals surface area contributed by atoms with E-state index in [0.717, 1.165) is 17.1 Å². The van der Waals surface area contributed by atoms with Crippen molar-refractivity contribution in [2.45, 2.75) is 20.1 Å². The van der Waals surface area contributed by atoms with Crippen molar-refractivity contribution in [3.05, 3.63) is 59.2 Å². The first-order valence-electron chi connectivity index (χ1n) is 7.40. The third-order valence-electron chi connectivity index (χ3n) is 3.52. The fourth-order valence-electron chi connectivity index (χ4n) is 2.17. The van der Waals surface area contributed by atoms with Crippen LogP contribution in [0, 0.1) is 6.92 Å². The molecule has 0 saturated carbocycles. The van der Waals surface area contributed by atoms with Crippen molar-refractivity contribution in [3.8, 4) is 11.5 Å². The summed E-state index contributed by atoms with van der Waals surface area (Å²) in [6, 6.07) is 14.0. The number of aliphatic hydroxyl groups is 1. The first-order valence-corrected chi connectivity index (χ1v) is 7.40. The molecule has 22 heavy (non-hydrogen) atoms. The van der Waals surface area contributed by atoms with Gasteiger partial charge in [0.2, 0.25) is 0 Å². The van der Waals surface area contributed by atoms with Crippen molar-refractivity contribution >= 4 is 0 Å². The van der Waals surface area contributed by atoms with Crippen LogP contribution in [0.1, 0.15) is 16.7 Å². The number of hydrogen-bond donors (Lipinski definition) is 2. The number of rotatable bonds is 8. The summed E-state index contributed by atoms with van der Waals surface area (Å²) in [5.41, 5.74) is 3.42. The van der Waals surface area contributed by atoms with Gasteiger partial charge in [0.15, 0.2) is 0 Å². The van der Waals surface area contributed by atoms with E-state index in [2.05, 4.69) is 24.4 Å². The maximum absolute atomic E-state index is 8.86. The highest BCUT2D eigenvalue weighted by molar-refractivity contribution is 5.41. The summed E-state index contributed by atoms with van der Waals surface area (Å²) in [5.74, 6) is 1.57. The Morgan fingerprint density at radius 1 is 1.09 bits per heavy atom. The van der Waals surface area contributed by atoms with Crippen LogP contribution in [-0.4, -0.2) is 25.4 Å². The molecule has 2 aromatic rings. The lowest BCUT2D eigenvalue weighted by atomic mass is 10.1. The minimum Gasteiger partial charge on any atom is -0.497 e. The summed E-state index contributed by atoms with van der Waals surface area (Å²) in [5, 5.41) is 12.0. The molecule has 0 heterocycles. The minimum atomic E-state index is 0.121. The second-order valence-corrected chi connectivity index (χ2v) is 5.09. The topological polar surface area (TPSA) is 50.7 Å². The molecule has 0 radical (unpaired) electrons. The summed E-state index contributed by atoms with van der Waals surface area (Å²) in [6.45, 7) is 3.92. The zero-order chi connectivity index (χ0) is 15.8. The van der Waals surface area contributed by atoms with Crippen LogP contribution in [0.5, 0.6) is 11.5 Å². The lowest BCUT2D eigenvalue weighted by Gasteiger charge is -2.14. The Bertz CT molecular complexity index is 599. The zero-order valence-electron chi connectivity index (χ0n) is 13.1. The van der Waals surface area contributed by atoms with Gasteiger partial charge in [0.05, 0.1) is 13.7 Å². The Hall–Kier alpha value is -2.04. The molecule has 2 rings (SSSR count). The molecule has 0 amide bonds. The number of methoxy groups -OCH3 is 1. The van der Waals surface area contributed by atoms with Crippen LogP contribution in [0.25, 0.3) is 0 Å². The number of aryl methyl sites for hydroxylation is 1. The molecule has 0 atom stereocenters. The van der Waals surface area contributed by atoms with E-state index < -0.39 is 0 Å². The molecular formula is C18H23NO3. The number of nitrogens with one attached hydrogen (secondary N) is 1. The maximum atomic E-state index is 8.86. The van der Waals surface area contributed by atoms with E-state index in [4.69, 9.17) is 14.6 Å². The summed E-state index contributed by atoms with van der Waals surface area (Å²) in [4.78, 5) is 0. The molecule has 0 spiro atoms. The van der Waals surface area contributed by atoms with Crippen LogP contribution in [0.4, 0.5) is 0 Å². The average Bonchev–Trinajstić information content (AvgIpc) is 2.55. The van der Waals surface area contributed by atoms with E-state index in [0.29, 0.717) is 19.7 Å². The van der Waals surface area contributed by atoms with Gasteiger partial charge < -0.3 is 19.9 Å². The third kappa shape index (κ3) is 4.48. The van der Waals surface area contributed by atoms with Crippen molar-refractivity contribution in [2.75, 3.05) is 20.3 Å². The fourth-order valence-corrected chi connectivity index (χ4v) is 2.17. The third-order valence-corrected chi connectivity index (χ3v) is 3.52. The molecular weight excluding hydrogens is 278 g/mol. The van der Waals surface area contributed by atoms with Crippen LogP contribution >= 0.6 is 0 Å². The number of ether oxygens (including phenoxy) is 2. The maximum Gasteiger partial charge on any atom is 0.127 e. The van der Waals surface area contributed by atoms with Crippen molar-refractivity contribution in [3.63, 3.8) is 0 Å². The highest BCUT2D eigenvalue weighted by Gasteiger charge is 2.07. The Morgan fingerprint density at radius 3 is 2.64 bits per heavy atom. The Labute approximate surface area is 131 Å². The summed E-state index contributed by atoms with van der Waals surface area (Å²) in [6.07, 6.45) is 0. The lowest BCUT2D eigenvalue weighted by molar-refractivity contribution is 0.287. The monoisotopic (exact) mass is 301 g/mol. The van der Waals surface area contributed by atoms with Gasteiger partial charge in [-0.3, -0.25) is 0 Å². The van der Waals surface area contributed by atoms with Crippen LogP contribution in [0.15, 0.2) is 42.5 Å². The van der Waals surface area contributed by atoms with Crippen molar-refractivity contribution in [2.24, 2.45) is 0 Å². The molecule has 2 aromatic carbocycles. The summed E-state index contributed by atoms with van der Waals surface area (Å²) >= 11 is 0. The van der Waals surface area contributed by atoms with Gasteiger partial charge in [0.1, 0.15) is 18.1 Å². The van der Waals surface area contributed by atoms with Gasteiger partial charge in [-0.2, -0.15) is 0 Å². The van der Waals surface area contributed by atoms with Gasteiger partial charge in [-0.05, 0) is 24.1 Å². The zero-order valence-corrected chi connectivity index (χ0v) is 13.1. The van der Waals surface area contributed by atoms with Crippen molar-refractivity contribution in [1.29, 1.82) is 0 Å². The second-order valence-electron chi connectivity index (χ2n) is 5.09. The molecule has 0 aromatic heterocycles. The number of benzene rings is 2. The summed E-state index contributed by atoms with van der Waals surface area (Å²) in [7, 11) is 1.64. The quantitative estimate of drug-likeness (QED) is 0.736. The van der Waals surface area contributed by atoms with Crippen LogP contribution < -0.4 is 14.8 Å². The molecule has 2 N–H and O–H groups in total. The molecule has 0 aliphatic rings. The number of hydrogen-bond acceptors (Lipinski definition) is 4. The molecule has 4 nitrogen and oxygen atoms in total. The van der Waals surface area contributed by atoms with E-state index in [1.165, 1.54) is 11.1 Å². The van der Waals surface area contributed by atoms with Gasteiger partial charge >= 0.3 is 0 Å². The van der Waals surface area contributed by atoms with Crippen molar-refractivity contribution < 1.29 is 14.6 Å². The van der Waals surface area contributed by atoms with Gasteiger partial charge in [0, 0.05) is 24.7 Å². The van der Waals surface area contributed by atoms with Crippen molar-refractivity contribution in [1.82, 2.24) is 5.32 Å². The van der Waals surface area contributed by atoms with E-state index >= 15 is 0 Å². The van der Waals surface area contributed by atoms with E-state index in [9.17, 15) is 0 Å². The minimum absolute atomic E-state index is 0.121. The summed E-state index contributed by atoms with van der Waals surface area (Å²) < 4.78 is 11.3. The Kier molecular flexibility index (Phi) is 6.25. The first kappa shape index (κ1) is 16.3. The SMILES string of the molecule is COc1ccc(CNCCO)c(OCc2ccccc2C)c1. The molecule has 0 bridgehead atoms. The predicted molar refractivity (Wildman–Crippen MR) is 87.3 cm³/mol. The van der Waals surface area contributed by atoms with Gasteiger partial charge in [-0.15, -0.1) is 0 Å². The smallest absolute Gasteiger partial charge is 0.127 e. The predicted octanol–water partition coefficient (Wildman–Crippen LogP) is 2.66. The highest BCUT2D eigenvalue weighted by Crippen LogP contribution is 2.26. The molecule has 0 aliphatic carbocycles. The normalized spacial score (nSPS) is 10.5. The van der Waals surface area contributed by atoms with E-state index in [1.807, 2.05) is 30.3 Å².